The second-order valence-electron chi connectivity index (χ2n) is 9.63. The van der Waals surface area contributed by atoms with Crippen molar-refractivity contribution in [2.45, 2.75) is 33.0 Å². The minimum Gasteiger partial charge on any atom is -0.497 e. The minimum atomic E-state index is -5.35. The van der Waals surface area contributed by atoms with E-state index in [1.807, 2.05) is 12.1 Å². The summed E-state index contributed by atoms with van der Waals surface area (Å²) in [6, 6.07) is 10.8. The first-order valence-electron chi connectivity index (χ1n) is 12.7. The second-order valence-corrected chi connectivity index (χ2v) is 9.63. The zero-order chi connectivity index (χ0) is 30.8. The number of aromatic nitrogens is 2. The summed E-state index contributed by atoms with van der Waals surface area (Å²) in [6.45, 7) is 3.31. The molecule has 0 aliphatic carbocycles. The molecule has 2 aromatic carbocycles. The topological polar surface area (TPSA) is 111 Å². The summed E-state index contributed by atoms with van der Waals surface area (Å²) in [6.07, 6.45) is -5.49. The summed E-state index contributed by atoms with van der Waals surface area (Å²) in [7, 11) is 1.55. The Bertz CT molecular complexity index is 1590. The van der Waals surface area contributed by atoms with Crippen LogP contribution in [0.15, 0.2) is 47.3 Å². The smallest absolute Gasteiger partial charge is 0.493 e. The van der Waals surface area contributed by atoms with Gasteiger partial charge in [0.25, 0.3) is 5.91 Å². The highest BCUT2D eigenvalue weighted by atomic mass is 19.4. The molecule has 0 saturated carbocycles. The van der Waals surface area contributed by atoms with Crippen molar-refractivity contribution in [2.24, 2.45) is 0 Å². The van der Waals surface area contributed by atoms with E-state index in [0.29, 0.717) is 23.4 Å². The van der Waals surface area contributed by atoms with Crippen LogP contribution in [0.1, 0.15) is 38.3 Å². The first-order valence-corrected chi connectivity index (χ1v) is 12.7. The van der Waals surface area contributed by atoms with Crippen molar-refractivity contribution in [1.29, 1.82) is 0 Å². The Balaban J connectivity index is 1.50. The first kappa shape index (κ1) is 30.2. The Morgan fingerprint density at radius 2 is 1.64 bits per heavy atom. The van der Waals surface area contributed by atoms with Gasteiger partial charge in [-0.2, -0.15) is 13.2 Å². The third-order valence-electron chi connectivity index (χ3n) is 6.87. The number of halogens is 4. The Hall–Kier alpha value is -4.75. The van der Waals surface area contributed by atoms with Gasteiger partial charge >= 0.3 is 17.7 Å². The number of alkyl halides is 3. The minimum absolute atomic E-state index is 0.0144. The summed E-state index contributed by atoms with van der Waals surface area (Å²) in [5.74, 6) is -3.80. The number of rotatable bonds is 7. The van der Waals surface area contributed by atoms with Crippen LogP contribution < -0.4 is 15.1 Å². The van der Waals surface area contributed by atoms with Crippen LogP contribution in [0, 0.1) is 19.7 Å². The van der Waals surface area contributed by atoms with Crippen molar-refractivity contribution in [3.63, 3.8) is 0 Å². The lowest BCUT2D eigenvalue weighted by molar-refractivity contribution is -0.202. The third-order valence-corrected chi connectivity index (χ3v) is 6.87. The molecule has 42 heavy (non-hydrogen) atoms. The largest absolute Gasteiger partial charge is 0.497 e. The molecule has 10 nitrogen and oxygen atoms in total. The molecule has 3 aromatic rings. The highest BCUT2D eigenvalue weighted by molar-refractivity contribution is 5.97. The Labute approximate surface area is 237 Å². The maximum atomic E-state index is 14.8. The van der Waals surface area contributed by atoms with Crippen molar-refractivity contribution in [3.05, 3.63) is 92.1 Å². The second kappa shape index (κ2) is 12.0. The van der Waals surface area contributed by atoms with Gasteiger partial charge in [-0.25, -0.2) is 9.18 Å². The Morgan fingerprint density at radius 3 is 2.26 bits per heavy atom. The van der Waals surface area contributed by atoms with E-state index in [-0.39, 0.29) is 53.6 Å². The molecular formula is C28H26F4N4O6. The molecule has 0 radical (unpaired) electrons. The van der Waals surface area contributed by atoms with Gasteiger partial charge in [0.15, 0.2) is 0 Å². The van der Waals surface area contributed by atoms with E-state index in [2.05, 4.69) is 9.94 Å². The number of carbonyl (C=O) groups is 3. The molecule has 222 valence electrons. The van der Waals surface area contributed by atoms with Crippen LogP contribution in [0.2, 0.25) is 0 Å². The first-order chi connectivity index (χ1) is 19.8. The molecule has 0 unspecified atom stereocenters. The number of hydrogen-bond acceptors (Lipinski definition) is 7. The van der Waals surface area contributed by atoms with Crippen LogP contribution in [-0.2, 0) is 22.6 Å². The predicted octanol–water partition coefficient (Wildman–Crippen LogP) is 2.60. The van der Waals surface area contributed by atoms with Gasteiger partial charge in [-0.3, -0.25) is 14.4 Å². The van der Waals surface area contributed by atoms with Gasteiger partial charge in [-0.05, 0) is 59.6 Å². The fourth-order valence-electron chi connectivity index (χ4n) is 4.32. The summed E-state index contributed by atoms with van der Waals surface area (Å²) < 4.78 is 57.9. The Morgan fingerprint density at radius 1 is 0.976 bits per heavy atom. The van der Waals surface area contributed by atoms with E-state index >= 15 is 0 Å². The van der Waals surface area contributed by atoms with Crippen LogP contribution >= 0.6 is 0 Å². The standard InChI is InChI=1S/C28H26F4N4O6/c1-16-17(2)25(38)36(42-27(40)28(30,31)32)33-23(16)13-19-6-9-22(29)21(12-19)26(39)35-11-10-34(24(37)15-35)14-18-4-7-20(41-3)8-5-18/h4-9,12H,10-11,13-15H2,1-3H3. The molecule has 0 atom stereocenters. The molecule has 0 spiro atoms. The lowest BCUT2D eigenvalue weighted by Gasteiger charge is -2.34. The average molecular weight is 591 g/mol. The van der Waals surface area contributed by atoms with Gasteiger partial charge in [-0.15, -0.1) is 5.10 Å². The molecular weight excluding hydrogens is 564 g/mol. The van der Waals surface area contributed by atoms with E-state index in [0.717, 1.165) is 11.6 Å². The fraction of sp³-hybridized carbons (Fsp3) is 0.321. The van der Waals surface area contributed by atoms with Gasteiger partial charge in [0.2, 0.25) is 5.91 Å². The van der Waals surface area contributed by atoms with Gasteiger partial charge in [0.05, 0.1) is 18.4 Å². The number of ether oxygens (including phenoxy) is 1. The number of amides is 2. The van der Waals surface area contributed by atoms with Crippen LogP contribution in [-0.4, -0.2) is 70.4 Å². The van der Waals surface area contributed by atoms with Gasteiger partial charge in [0, 0.05) is 31.6 Å². The number of hydrogen-bond donors (Lipinski definition) is 0. The molecule has 1 saturated heterocycles. The molecule has 2 heterocycles. The van der Waals surface area contributed by atoms with Crippen molar-refractivity contribution in [1.82, 2.24) is 19.7 Å². The summed E-state index contributed by atoms with van der Waals surface area (Å²) in [5.41, 5.74) is 0.214. The number of piperazine rings is 1. The lowest BCUT2D eigenvalue weighted by Crippen LogP contribution is -2.51. The molecule has 0 N–H and O–H groups in total. The number of nitrogens with zero attached hydrogens (tertiary/aromatic N) is 4. The van der Waals surface area contributed by atoms with E-state index in [4.69, 9.17) is 4.74 Å². The molecule has 1 aliphatic rings. The lowest BCUT2D eigenvalue weighted by atomic mass is 10.0. The number of carbonyl (C=O) groups excluding carboxylic acids is 3. The SMILES string of the molecule is COc1ccc(CN2CCN(C(=O)c3cc(Cc4nn(OC(=O)C(F)(F)F)c(=O)c(C)c4C)ccc3F)CC2=O)cc1. The highest BCUT2D eigenvalue weighted by Crippen LogP contribution is 2.20. The summed E-state index contributed by atoms with van der Waals surface area (Å²) in [4.78, 5) is 56.5. The molecule has 2 amide bonds. The van der Waals surface area contributed by atoms with Crippen molar-refractivity contribution in [3.8, 4) is 5.75 Å². The van der Waals surface area contributed by atoms with Crippen LogP contribution in [0.4, 0.5) is 17.6 Å². The molecule has 1 aromatic heterocycles. The van der Waals surface area contributed by atoms with E-state index in [1.165, 1.54) is 30.9 Å². The quantitative estimate of drug-likeness (QED) is 0.389. The molecule has 1 fully saturated rings. The Kier molecular flexibility index (Phi) is 8.64. The van der Waals surface area contributed by atoms with E-state index in [9.17, 15) is 36.7 Å². The summed E-state index contributed by atoms with van der Waals surface area (Å²) in [5, 5.41) is 3.75. The van der Waals surface area contributed by atoms with Gasteiger partial charge in [-0.1, -0.05) is 18.2 Å². The molecule has 4 rings (SSSR count). The predicted molar refractivity (Wildman–Crippen MR) is 139 cm³/mol. The molecule has 0 bridgehead atoms. The normalized spacial score (nSPS) is 13.7. The fourth-order valence-corrected chi connectivity index (χ4v) is 4.32. The zero-order valence-electron chi connectivity index (χ0n) is 22.8. The average Bonchev–Trinajstić information content (AvgIpc) is 2.95. The maximum Gasteiger partial charge on any atom is 0.493 e. The van der Waals surface area contributed by atoms with Crippen LogP contribution in [0.25, 0.3) is 0 Å². The van der Waals surface area contributed by atoms with Crippen LogP contribution in [0.5, 0.6) is 5.75 Å². The highest BCUT2D eigenvalue weighted by Gasteiger charge is 2.42. The van der Waals surface area contributed by atoms with Crippen molar-refractivity contribution < 1.29 is 41.5 Å². The number of methoxy groups -OCH3 is 1. The summed E-state index contributed by atoms with van der Waals surface area (Å²) >= 11 is 0. The zero-order valence-corrected chi connectivity index (χ0v) is 22.8. The van der Waals surface area contributed by atoms with E-state index < -0.39 is 29.4 Å². The number of benzene rings is 2. The molecule has 14 heteroatoms. The van der Waals surface area contributed by atoms with Crippen LogP contribution in [0.3, 0.4) is 0 Å². The third kappa shape index (κ3) is 6.58. The van der Waals surface area contributed by atoms with Gasteiger partial charge < -0.3 is 19.4 Å². The molecule has 1 aliphatic heterocycles. The maximum absolute atomic E-state index is 14.8. The van der Waals surface area contributed by atoms with Crippen molar-refractivity contribution in [2.75, 3.05) is 26.7 Å². The van der Waals surface area contributed by atoms with E-state index in [1.54, 1.807) is 24.1 Å². The van der Waals surface area contributed by atoms with Gasteiger partial charge in [0.1, 0.15) is 18.1 Å². The monoisotopic (exact) mass is 590 g/mol. The van der Waals surface area contributed by atoms with Crippen molar-refractivity contribution >= 4 is 17.8 Å².